The number of carbonyl (C=O) groups is 1. The second-order valence-corrected chi connectivity index (χ2v) is 5.63. The normalized spacial score (nSPS) is 29.5. The number of rotatable bonds is 0. The second-order valence-electron chi connectivity index (χ2n) is 5.63. The summed E-state index contributed by atoms with van der Waals surface area (Å²) in [6.45, 7) is 2.22. The van der Waals surface area contributed by atoms with Gasteiger partial charge in [-0.25, -0.2) is 0 Å². The third kappa shape index (κ3) is 3.55. The number of allylic oxidation sites excluding steroid dienone is 4. The van der Waals surface area contributed by atoms with Gasteiger partial charge in [-0.3, -0.25) is 4.79 Å². The first kappa shape index (κ1) is 12.6. The Labute approximate surface area is 105 Å². The lowest BCUT2D eigenvalue weighted by Gasteiger charge is -2.24. The number of ketones is 1. The van der Waals surface area contributed by atoms with E-state index in [9.17, 15) is 4.79 Å². The van der Waals surface area contributed by atoms with E-state index in [2.05, 4.69) is 19.1 Å². The van der Waals surface area contributed by atoms with E-state index < -0.39 is 0 Å². The minimum atomic E-state index is 0.446. The molecule has 1 heteroatoms. The highest BCUT2D eigenvalue weighted by Gasteiger charge is 2.24. The van der Waals surface area contributed by atoms with Gasteiger partial charge >= 0.3 is 0 Å². The largest absolute Gasteiger partial charge is 0.295 e. The number of Topliss-reactive ketones (excluding diaryl/α,β-unsaturated/α-hetero) is 1. The van der Waals surface area contributed by atoms with E-state index in [0.717, 1.165) is 25.7 Å². The maximum Gasteiger partial charge on any atom is 0.159 e. The highest BCUT2D eigenvalue weighted by molar-refractivity contribution is 5.97. The quantitative estimate of drug-likeness (QED) is 0.559. The van der Waals surface area contributed by atoms with Crippen molar-refractivity contribution in [3.8, 4) is 0 Å². The topological polar surface area (TPSA) is 17.1 Å². The van der Waals surface area contributed by atoms with Crippen LogP contribution in [-0.4, -0.2) is 5.78 Å². The van der Waals surface area contributed by atoms with Gasteiger partial charge in [0.25, 0.3) is 0 Å². The Morgan fingerprint density at radius 2 is 1.76 bits per heavy atom. The summed E-state index contributed by atoms with van der Waals surface area (Å²) in [6.07, 6.45) is 14.8. The minimum Gasteiger partial charge on any atom is -0.295 e. The summed E-state index contributed by atoms with van der Waals surface area (Å²) >= 11 is 0. The molecule has 0 spiro atoms. The minimum absolute atomic E-state index is 0.446. The van der Waals surface area contributed by atoms with E-state index >= 15 is 0 Å². The van der Waals surface area contributed by atoms with Crippen molar-refractivity contribution in [3.05, 3.63) is 23.3 Å². The molecule has 0 unspecified atom stereocenters. The predicted molar refractivity (Wildman–Crippen MR) is 71.9 cm³/mol. The van der Waals surface area contributed by atoms with Crippen LogP contribution in [0.2, 0.25) is 0 Å². The van der Waals surface area contributed by atoms with Crippen molar-refractivity contribution in [2.75, 3.05) is 0 Å². The Morgan fingerprint density at radius 1 is 1.00 bits per heavy atom. The average molecular weight is 232 g/mol. The fourth-order valence-electron chi connectivity index (χ4n) is 3.05. The van der Waals surface area contributed by atoms with Crippen molar-refractivity contribution in [2.24, 2.45) is 5.92 Å². The molecule has 94 valence electrons. The van der Waals surface area contributed by atoms with Gasteiger partial charge in [-0.1, -0.05) is 24.6 Å². The first-order valence-electron chi connectivity index (χ1n) is 7.16. The summed E-state index contributed by atoms with van der Waals surface area (Å²) in [4.78, 5) is 12.1. The first-order valence-corrected chi connectivity index (χ1v) is 7.16. The lowest BCUT2D eigenvalue weighted by Crippen LogP contribution is -2.18. The molecule has 0 aromatic carbocycles. The molecule has 17 heavy (non-hydrogen) atoms. The van der Waals surface area contributed by atoms with Gasteiger partial charge in [-0.05, 0) is 62.9 Å². The Hall–Kier alpha value is -0.850. The molecule has 0 saturated heterocycles. The average Bonchev–Trinajstić information content (AvgIpc) is 2.33. The lowest BCUT2D eigenvalue weighted by atomic mass is 9.80. The van der Waals surface area contributed by atoms with Crippen molar-refractivity contribution in [3.63, 3.8) is 0 Å². The third-order valence-electron chi connectivity index (χ3n) is 3.96. The summed E-state index contributed by atoms with van der Waals surface area (Å²) in [5.41, 5.74) is 2.70. The van der Waals surface area contributed by atoms with Crippen LogP contribution in [0.1, 0.15) is 64.7 Å². The van der Waals surface area contributed by atoms with Crippen molar-refractivity contribution >= 4 is 5.78 Å². The number of hydrogen-bond donors (Lipinski definition) is 0. The molecule has 0 saturated carbocycles. The van der Waals surface area contributed by atoms with Crippen LogP contribution in [0.4, 0.5) is 0 Å². The predicted octanol–water partition coefficient (Wildman–Crippen LogP) is 4.58. The van der Waals surface area contributed by atoms with Gasteiger partial charge in [0.15, 0.2) is 5.78 Å². The molecule has 0 aromatic rings. The van der Waals surface area contributed by atoms with Gasteiger partial charge < -0.3 is 0 Å². The molecular formula is C16H24O. The molecule has 2 rings (SSSR count). The molecule has 0 aliphatic heterocycles. The SMILES string of the molecule is C[C@H]1CC(=O)C2=C(CCCC/C=C\CCC2)C1. The molecule has 0 radical (unpaired) electrons. The van der Waals surface area contributed by atoms with E-state index in [4.69, 9.17) is 0 Å². The van der Waals surface area contributed by atoms with E-state index in [1.54, 1.807) is 0 Å². The van der Waals surface area contributed by atoms with Crippen molar-refractivity contribution < 1.29 is 4.79 Å². The maximum atomic E-state index is 12.1. The van der Waals surface area contributed by atoms with Gasteiger partial charge in [-0.15, -0.1) is 0 Å². The van der Waals surface area contributed by atoms with Crippen LogP contribution >= 0.6 is 0 Å². The molecule has 1 atom stereocenters. The number of carbonyl (C=O) groups excluding carboxylic acids is 1. The van der Waals surface area contributed by atoms with E-state index in [0.29, 0.717) is 11.7 Å². The Kier molecular flexibility index (Phi) is 4.58. The van der Waals surface area contributed by atoms with Gasteiger partial charge in [-0.2, -0.15) is 0 Å². The lowest BCUT2D eigenvalue weighted by molar-refractivity contribution is -0.117. The molecule has 1 nitrogen and oxygen atoms in total. The van der Waals surface area contributed by atoms with Gasteiger partial charge in [0, 0.05) is 6.42 Å². The van der Waals surface area contributed by atoms with Crippen LogP contribution in [0.3, 0.4) is 0 Å². The van der Waals surface area contributed by atoms with Crippen LogP contribution in [0.5, 0.6) is 0 Å². The monoisotopic (exact) mass is 232 g/mol. The van der Waals surface area contributed by atoms with Crippen LogP contribution in [-0.2, 0) is 4.79 Å². The molecule has 0 aromatic heterocycles. The van der Waals surface area contributed by atoms with Gasteiger partial charge in [0.1, 0.15) is 0 Å². The molecular weight excluding hydrogens is 208 g/mol. The van der Waals surface area contributed by atoms with E-state index in [1.807, 2.05) is 0 Å². The first-order chi connectivity index (χ1) is 8.27. The third-order valence-corrected chi connectivity index (χ3v) is 3.96. The molecule has 0 amide bonds. The maximum absolute atomic E-state index is 12.1. The molecule has 0 heterocycles. The Bertz CT molecular complexity index is 335. The van der Waals surface area contributed by atoms with Crippen LogP contribution in [0.25, 0.3) is 0 Å². The highest BCUT2D eigenvalue weighted by atomic mass is 16.1. The highest BCUT2D eigenvalue weighted by Crippen LogP contribution is 2.33. The van der Waals surface area contributed by atoms with Crippen molar-refractivity contribution in [2.45, 2.75) is 64.7 Å². The fraction of sp³-hybridized carbons (Fsp3) is 0.688. The van der Waals surface area contributed by atoms with E-state index in [1.165, 1.54) is 43.3 Å². The summed E-state index contributed by atoms with van der Waals surface area (Å²) in [7, 11) is 0. The van der Waals surface area contributed by atoms with Gasteiger partial charge in [0.05, 0.1) is 0 Å². The number of hydrogen-bond acceptors (Lipinski definition) is 1. The summed E-state index contributed by atoms with van der Waals surface area (Å²) < 4.78 is 0. The van der Waals surface area contributed by atoms with Gasteiger partial charge in [0.2, 0.25) is 0 Å². The second kappa shape index (κ2) is 6.18. The fourth-order valence-corrected chi connectivity index (χ4v) is 3.05. The summed E-state index contributed by atoms with van der Waals surface area (Å²) in [6, 6.07) is 0. The summed E-state index contributed by atoms with van der Waals surface area (Å²) in [5, 5.41) is 0. The molecule has 2 aliphatic rings. The molecule has 0 bridgehead atoms. The zero-order chi connectivity index (χ0) is 12.1. The van der Waals surface area contributed by atoms with E-state index in [-0.39, 0.29) is 0 Å². The molecule has 0 fully saturated rings. The smallest absolute Gasteiger partial charge is 0.159 e. The summed E-state index contributed by atoms with van der Waals surface area (Å²) in [5.74, 6) is 1.02. The van der Waals surface area contributed by atoms with Crippen molar-refractivity contribution in [1.29, 1.82) is 0 Å². The zero-order valence-electron chi connectivity index (χ0n) is 11.0. The van der Waals surface area contributed by atoms with Crippen LogP contribution < -0.4 is 0 Å². The van der Waals surface area contributed by atoms with Crippen LogP contribution in [0, 0.1) is 5.92 Å². The zero-order valence-corrected chi connectivity index (χ0v) is 11.0. The molecule has 0 N–H and O–H groups in total. The van der Waals surface area contributed by atoms with Crippen molar-refractivity contribution in [1.82, 2.24) is 0 Å². The Balaban J connectivity index is 2.12. The standard InChI is InChI=1S/C16H24O/c1-13-11-14-9-7-5-3-2-4-6-8-10-15(14)16(17)12-13/h2,4,13H,3,5-12H2,1H3/b4-2-/t13-/m1/s1. The van der Waals surface area contributed by atoms with Crippen LogP contribution in [0.15, 0.2) is 23.3 Å². The Morgan fingerprint density at radius 3 is 2.59 bits per heavy atom. The molecule has 2 aliphatic carbocycles.